The van der Waals surface area contributed by atoms with Crippen molar-refractivity contribution in [2.75, 3.05) is 13.1 Å². The van der Waals surface area contributed by atoms with Crippen molar-refractivity contribution in [3.05, 3.63) is 34.3 Å². The normalized spacial score (nSPS) is 12.6. The van der Waals surface area contributed by atoms with Crippen molar-refractivity contribution in [2.24, 2.45) is 0 Å². The Morgan fingerprint density at radius 1 is 1.00 bits per heavy atom. The van der Waals surface area contributed by atoms with Crippen LogP contribution in [0.15, 0.2) is 28.7 Å². The Balaban J connectivity index is 2.49. The van der Waals surface area contributed by atoms with E-state index in [0.717, 1.165) is 13.1 Å². The highest BCUT2D eigenvalue weighted by atomic mass is 79.9. The predicted molar refractivity (Wildman–Crippen MR) is 88.8 cm³/mol. The Labute approximate surface area is 127 Å². The van der Waals surface area contributed by atoms with Gasteiger partial charge in [-0.1, -0.05) is 67.6 Å². The molecule has 108 valence electrons. The summed E-state index contributed by atoms with van der Waals surface area (Å²) in [5.74, 6) is 0.663. The number of hydrogen-bond acceptors (Lipinski definition) is 1. The first-order valence-electron chi connectivity index (χ1n) is 7.74. The third kappa shape index (κ3) is 7.12. The molecular weight excluding hydrogens is 298 g/mol. The average molecular weight is 326 g/mol. The molecular formula is C17H28BrN. The number of rotatable bonds is 10. The van der Waals surface area contributed by atoms with Gasteiger partial charge in [-0.05, 0) is 43.0 Å². The number of halogens is 1. The molecule has 0 aliphatic carbocycles. The zero-order chi connectivity index (χ0) is 13.9. The lowest BCUT2D eigenvalue weighted by atomic mass is 9.93. The van der Waals surface area contributed by atoms with Gasteiger partial charge >= 0.3 is 0 Å². The largest absolute Gasteiger partial charge is 0.316 e. The summed E-state index contributed by atoms with van der Waals surface area (Å²) < 4.78 is 1.17. The standard InChI is InChI=1S/C17H28BrN/c1-3-5-6-7-8-16(14-19-13-4-2)15-9-11-17(18)12-10-15/h9-12,16,19H,3-8,13-14H2,1-2H3. The molecule has 1 nitrogen and oxygen atoms in total. The molecule has 1 aromatic carbocycles. The maximum Gasteiger partial charge on any atom is 0.0175 e. The molecule has 1 unspecified atom stereocenters. The number of unbranched alkanes of at least 4 members (excludes halogenated alkanes) is 3. The van der Waals surface area contributed by atoms with Crippen LogP contribution < -0.4 is 5.32 Å². The third-order valence-corrected chi connectivity index (χ3v) is 4.09. The summed E-state index contributed by atoms with van der Waals surface area (Å²) in [7, 11) is 0. The maximum atomic E-state index is 3.58. The van der Waals surface area contributed by atoms with E-state index < -0.39 is 0 Å². The highest BCUT2D eigenvalue weighted by Gasteiger charge is 2.10. The molecule has 1 aromatic rings. The molecule has 0 heterocycles. The van der Waals surface area contributed by atoms with Crippen molar-refractivity contribution in [2.45, 2.75) is 58.3 Å². The molecule has 0 saturated heterocycles. The molecule has 1 atom stereocenters. The maximum absolute atomic E-state index is 3.58. The first kappa shape index (κ1) is 16.7. The summed E-state index contributed by atoms with van der Waals surface area (Å²) in [6.07, 6.45) is 7.92. The SMILES string of the molecule is CCCCCCC(CNCCC)c1ccc(Br)cc1. The molecule has 0 aromatic heterocycles. The lowest BCUT2D eigenvalue weighted by Crippen LogP contribution is -2.22. The van der Waals surface area contributed by atoms with Gasteiger partial charge in [0.15, 0.2) is 0 Å². The second-order valence-corrected chi connectivity index (χ2v) is 6.22. The fourth-order valence-electron chi connectivity index (χ4n) is 2.39. The van der Waals surface area contributed by atoms with E-state index in [9.17, 15) is 0 Å². The monoisotopic (exact) mass is 325 g/mol. The van der Waals surface area contributed by atoms with Crippen LogP contribution in [0.25, 0.3) is 0 Å². The summed E-state index contributed by atoms with van der Waals surface area (Å²) in [6.45, 7) is 6.74. The molecule has 0 aliphatic rings. The van der Waals surface area contributed by atoms with Crippen LogP contribution in [0.1, 0.15) is 63.9 Å². The van der Waals surface area contributed by atoms with Crippen molar-refractivity contribution < 1.29 is 0 Å². The van der Waals surface area contributed by atoms with Crippen LogP contribution >= 0.6 is 15.9 Å². The van der Waals surface area contributed by atoms with Gasteiger partial charge < -0.3 is 5.32 Å². The fraction of sp³-hybridized carbons (Fsp3) is 0.647. The van der Waals surface area contributed by atoms with E-state index >= 15 is 0 Å². The number of benzene rings is 1. The zero-order valence-electron chi connectivity index (χ0n) is 12.4. The predicted octanol–water partition coefficient (Wildman–Crippen LogP) is 5.50. The van der Waals surface area contributed by atoms with Crippen molar-refractivity contribution in [3.63, 3.8) is 0 Å². The summed E-state index contributed by atoms with van der Waals surface area (Å²) in [5.41, 5.74) is 1.48. The van der Waals surface area contributed by atoms with E-state index in [-0.39, 0.29) is 0 Å². The van der Waals surface area contributed by atoms with Gasteiger partial charge in [-0.25, -0.2) is 0 Å². The molecule has 0 radical (unpaired) electrons. The second kappa shape index (κ2) is 10.4. The average Bonchev–Trinajstić information content (AvgIpc) is 2.43. The van der Waals surface area contributed by atoms with Crippen LogP contribution in [0.3, 0.4) is 0 Å². The van der Waals surface area contributed by atoms with Crippen molar-refractivity contribution in [1.82, 2.24) is 5.32 Å². The van der Waals surface area contributed by atoms with E-state index in [0.29, 0.717) is 5.92 Å². The second-order valence-electron chi connectivity index (χ2n) is 5.30. The topological polar surface area (TPSA) is 12.0 Å². The van der Waals surface area contributed by atoms with Gasteiger partial charge in [0.05, 0.1) is 0 Å². The van der Waals surface area contributed by atoms with Crippen molar-refractivity contribution in [3.8, 4) is 0 Å². The molecule has 0 spiro atoms. The summed E-state index contributed by atoms with van der Waals surface area (Å²) in [4.78, 5) is 0. The molecule has 19 heavy (non-hydrogen) atoms. The van der Waals surface area contributed by atoms with E-state index in [2.05, 4.69) is 59.4 Å². The van der Waals surface area contributed by atoms with Gasteiger partial charge in [0, 0.05) is 11.0 Å². The van der Waals surface area contributed by atoms with E-state index in [1.165, 1.54) is 48.6 Å². The Morgan fingerprint density at radius 2 is 1.74 bits per heavy atom. The Bertz CT molecular complexity index is 321. The van der Waals surface area contributed by atoms with Crippen LogP contribution in [-0.4, -0.2) is 13.1 Å². The van der Waals surface area contributed by atoms with Crippen LogP contribution in [0.5, 0.6) is 0 Å². The van der Waals surface area contributed by atoms with E-state index in [1.54, 1.807) is 0 Å². The highest BCUT2D eigenvalue weighted by Crippen LogP contribution is 2.24. The lowest BCUT2D eigenvalue weighted by Gasteiger charge is -2.18. The summed E-state index contributed by atoms with van der Waals surface area (Å²) in [5, 5.41) is 3.58. The van der Waals surface area contributed by atoms with E-state index in [1.807, 2.05) is 0 Å². The van der Waals surface area contributed by atoms with Gasteiger partial charge in [-0.3, -0.25) is 0 Å². The minimum Gasteiger partial charge on any atom is -0.316 e. The van der Waals surface area contributed by atoms with Crippen LogP contribution in [0, 0.1) is 0 Å². The summed E-state index contributed by atoms with van der Waals surface area (Å²) in [6, 6.07) is 8.85. The van der Waals surface area contributed by atoms with Gasteiger partial charge in [0.2, 0.25) is 0 Å². The Kier molecular flexibility index (Phi) is 9.19. The Hall–Kier alpha value is -0.340. The molecule has 0 bridgehead atoms. The molecule has 0 amide bonds. The Morgan fingerprint density at radius 3 is 2.37 bits per heavy atom. The minimum absolute atomic E-state index is 0.663. The van der Waals surface area contributed by atoms with Crippen molar-refractivity contribution >= 4 is 15.9 Å². The van der Waals surface area contributed by atoms with Gasteiger partial charge in [0.1, 0.15) is 0 Å². The smallest absolute Gasteiger partial charge is 0.0175 e. The zero-order valence-corrected chi connectivity index (χ0v) is 14.0. The highest BCUT2D eigenvalue weighted by molar-refractivity contribution is 9.10. The molecule has 1 N–H and O–H groups in total. The lowest BCUT2D eigenvalue weighted by molar-refractivity contribution is 0.513. The first-order chi connectivity index (χ1) is 9.27. The van der Waals surface area contributed by atoms with E-state index in [4.69, 9.17) is 0 Å². The van der Waals surface area contributed by atoms with Gasteiger partial charge in [-0.2, -0.15) is 0 Å². The number of nitrogens with one attached hydrogen (secondary N) is 1. The third-order valence-electron chi connectivity index (χ3n) is 3.57. The summed E-state index contributed by atoms with van der Waals surface area (Å²) >= 11 is 3.52. The van der Waals surface area contributed by atoms with Crippen molar-refractivity contribution in [1.29, 1.82) is 0 Å². The molecule has 0 aliphatic heterocycles. The molecule has 2 heteroatoms. The van der Waals surface area contributed by atoms with Crippen LogP contribution in [-0.2, 0) is 0 Å². The fourth-order valence-corrected chi connectivity index (χ4v) is 2.66. The van der Waals surface area contributed by atoms with Gasteiger partial charge in [-0.15, -0.1) is 0 Å². The van der Waals surface area contributed by atoms with Gasteiger partial charge in [0.25, 0.3) is 0 Å². The molecule has 0 fully saturated rings. The molecule has 0 saturated carbocycles. The minimum atomic E-state index is 0.663. The molecule has 1 rings (SSSR count). The van der Waals surface area contributed by atoms with Crippen LogP contribution in [0.2, 0.25) is 0 Å². The van der Waals surface area contributed by atoms with Crippen LogP contribution in [0.4, 0.5) is 0 Å². The number of hydrogen-bond donors (Lipinski definition) is 1. The first-order valence-corrected chi connectivity index (χ1v) is 8.53. The quantitative estimate of drug-likeness (QED) is 0.560.